The summed E-state index contributed by atoms with van der Waals surface area (Å²) in [5.41, 5.74) is 0.359. The fourth-order valence-corrected chi connectivity index (χ4v) is 2.26. The standard InChI is InChI=1S/C16H16ClN3O5/c1-24-11-4-5-12(14(8-11)20(22)23)19-16(21)9-18-13-7-10(17)3-6-15(13)25-2/h3-8,18H,9H2,1-2H3,(H,19,21). The van der Waals surface area contributed by atoms with E-state index in [4.69, 9.17) is 21.1 Å². The minimum atomic E-state index is -0.592. The number of anilines is 2. The number of nitro benzene ring substituents is 1. The molecule has 0 heterocycles. The Balaban J connectivity index is 2.08. The van der Waals surface area contributed by atoms with E-state index in [0.717, 1.165) is 0 Å². The number of nitrogens with zero attached hydrogens (tertiary/aromatic N) is 1. The molecule has 0 radical (unpaired) electrons. The van der Waals surface area contributed by atoms with Crippen LogP contribution in [0.4, 0.5) is 17.1 Å². The van der Waals surface area contributed by atoms with Crippen molar-refractivity contribution >= 4 is 34.6 Å². The Labute approximate surface area is 148 Å². The molecule has 25 heavy (non-hydrogen) atoms. The fourth-order valence-electron chi connectivity index (χ4n) is 2.08. The fraction of sp³-hybridized carbons (Fsp3) is 0.188. The average molecular weight is 366 g/mol. The van der Waals surface area contributed by atoms with E-state index in [1.54, 1.807) is 18.2 Å². The Bertz CT molecular complexity index is 797. The Morgan fingerprint density at radius 3 is 2.56 bits per heavy atom. The van der Waals surface area contributed by atoms with Gasteiger partial charge in [0.1, 0.15) is 17.2 Å². The lowest BCUT2D eigenvalue weighted by Gasteiger charge is -2.12. The molecule has 0 saturated heterocycles. The molecule has 0 aliphatic heterocycles. The van der Waals surface area contributed by atoms with Crippen LogP contribution in [0.5, 0.6) is 11.5 Å². The molecule has 0 atom stereocenters. The highest BCUT2D eigenvalue weighted by molar-refractivity contribution is 6.30. The van der Waals surface area contributed by atoms with E-state index in [1.807, 2.05) is 0 Å². The molecule has 2 rings (SSSR count). The normalized spacial score (nSPS) is 10.0. The molecule has 0 aliphatic rings. The number of carbonyl (C=O) groups is 1. The monoisotopic (exact) mass is 365 g/mol. The summed E-state index contributed by atoms with van der Waals surface area (Å²) in [5.74, 6) is 0.384. The Hall–Kier alpha value is -3.00. The van der Waals surface area contributed by atoms with Crippen molar-refractivity contribution in [3.05, 3.63) is 51.5 Å². The molecule has 2 aromatic rings. The zero-order valence-electron chi connectivity index (χ0n) is 13.5. The highest BCUT2D eigenvalue weighted by Gasteiger charge is 2.17. The summed E-state index contributed by atoms with van der Waals surface area (Å²) in [6.45, 7) is -0.125. The summed E-state index contributed by atoms with van der Waals surface area (Å²) in [6.07, 6.45) is 0. The van der Waals surface area contributed by atoms with Gasteiger partial charge in [-0.25, -0.2) is 0 Å². The van der Waals surface area contributed by atoms with Gasteiger partial charge in [0.15, 0.2) is 0 Å². The van der Waals surface area contributed by atoms with E-state index in [0.29, 0.717) is 22.2 Å². The molecule has 0 bridgehead atoms. The van der Waals surface area contributed by atoms with E-state index in [-0.39, 0.29) is 17.9 Å². The molecule has 2 aromatic carbocycles. The zero-order valence-corrected chi connectivity index (χ0v) is 14.3. The molecular weight excluding hydrogens is 350 g/mol. The maximum absolute atomic E-state index is 12.1. The predicted molar refractivity (Wildman–Crippen MR) is 94.8 cm³/mol. The van der Waals surface area contributed by atoms with Crippen molar-refractivity contribution in [3.63, 3.8) is 0 Å². The second kappa shape index (κ2) is 8.20. The molecule has 9 heteroatoms. The summed E-state index contributed by atoms with van der Waals surface area (Å²) < 4.78 is 10.1. The molecule has 0 spiro atoms. The molecule has 1 amide bonds. The van der Waals surface area contributed by atoms with Gasteiger partial charge in [-0.1, -0.05) is 11.6 Å². The van der Waals surface area contributed by atoms with Gasteiger partial charge >= 0.3 is 0 Å². The smallest absolute Gasteiger partial charge is 0.296 e. The van der Waals surface area contributed by atoms with Crippen LogP contribution in [0.3, 0.4) is 0 Å². The number of ether oxygens (including phenoxy) is 2. The number of carbonyl (C=O) groups excluding carboxylic acids is 1. The van der Waals surface area contributed by atoms with Crippen molar-refractivity contribution in [3.8, 4) is 11.5 Å². The number of amides is 1. The first-order chi connectivity index (χ1) is 11.9. The Morgan fingerprint density at radius 2 is 1.92 bits per heavy atom. The van der Waals surface area contributed by atoms with E-state index in [2.05, 4.69) is 10.6 Å². The first kappa shape index (κ1) is 18.3. The van der Waals surface area contributed by atoms with Gasteiger partial charge in [0, 0.05) is 5.02 Å². The number of halogens is 1. The molecule has 0 unspecified atom stereocenters. The van der Waals surface area contributed by atoms with Crippen LogP contribution in [0.2, 0.25) is 5.02 Å². The van der Waals surface area contributed by atoms with E-state index < -0.39 is 10.8 Å². The van der Waals surface area contributed by atoms with Gasteiger partial charge in [-0.05, 0) is 30.3 Å². The SMILES string of the molecule is COc1ccc(NC(=O)CNc2cc(Cl)ccc2OC)c([N+](=O)[O-])c1. The Morgan fingerprint density at radius 1 is 1.16 bits per heavy atom. The number of nitrogens with one attached hydrogen (secondary N) is 2. The van der Waals surface area contributed by atoms with E-state index >= 15 is 0 Å². The first-order valence-corrected chi connectivity index (χ1v) is 7.52. The first-order valence-electron chi connectivity index (χ1n) is 7.14. The summed E-state index contributed by atoms with van der Waals surface area (Å²) in [7, 11) is 2.90. The second-order valence-corrected chi connectivity index (χ2v) is 5.32. The highest BCUT2D eigenvalue weighted by atomic mass is 35.5. The van der Waals surface area contributed by atoms with Crippen LogP contribution in [0.25, 0.3) is 0 Å². The minimum Gasteiger partial charge on any atom is -0.496 e. The lowest BCUT2D eigenvalue weighted by Crippen LogP contribution is -2.22. The average Bonchev–Trinajstić information content (AvgIpc) is 2.60. The topological polar surface area (TPSA) is 103 Å². The molecule has 2 N–H and O–H groups in total. The van der Waals surface area contributed by atoms with Gasteiger partial charge in [0.25, 0.3) is 5.69 Å². The largest absolute Gasteiger partial charge is 0.496 e. The molecular formula is C16H16ClN3O5. The molecule has 0 fully saturated rings. The van der Waals surface area contributed by atoms with E-state index in [1.165, 1.54) is 32.4 Å². The summed E-state index contributed by atoms with van der Waals surface area (Å²) in [5, 5.41) is 17.0. The van der Waals surface area contributed by atoms with E-state index in [9.17, 15) is 14.9 Å². The van der Waals surface area contributed by atoms with Crippen molar-refractivity contribution in [2.45, 2.75) is 0 Å². The van der Waals surface area contributed by atoms with Gasteiger partial charge in [0.2, 0.25) is 5.91 Å². The number of nitro groups is 1. The van der Waals surface area contributed by atoms with Crippen molar-refractivity contribution in [1.29, 1.82) is 0 Å². The number of hydrogen-bond acceptors (Lipinski definition) is 6. The van der Waals surface area contributed by atoms with Crippen LogP contribution in [-0.4, -0.2) is 31.6 Å². The number of benzene rings is 2. The van der Waals surface area contributed by atoms with Gasteiger partial charge in [0.05, 0.1) is 37.4 Å². The summed E-state index contributed by atoms with van der Waals surface area (Å²) >= 11 is 5.92. The van der Waals surface area contributed by atoms with Crippen LogP contribution in [0, 0.1) is 10.1 Å². The van der Waals surface area contributed by atoms with Crippen LogP contribution in [-0.2, 0) is 4.79 Å². The quantitative estimate of drug-likeness (QED) is 0.576. The number of hydrogen-bond donors (Lipinski definition) is 2. The number of methoxy groups -OCH3 is 2. The van der Waals surface area contributed by atoms with Crippen molar-refractivity contribution in [2.24, 2.45) is 0 Å². The van der Waals surface area contributed by atoms with Gasteiger partial charge in [-0.3, -0.25) is 14.9 Å². The maximum atomic E-state index is 12.1. The third-order valence-corrected chi connectivity index (χ3v) is 3.51. The lowest BCUT2D eigenvalue weighted by molar-refractivity contribution is -0.384. The molecule has 0 aliphatic carbocycles. The van der Waals surface area contributed by atoms with Crippen LogP contribution >= 0.6 is 11.6 Å². The van der Waals surface area contributed by atoms with Crippen LogP contribution < -0.4 is 20.1 Å². The molecule has 0 saturated carbocycles. The third-order valence-electron chi connectivity index (χ3n) is 3.28. The molecule has 0 aromatic heterocycles. The lowest BCUT2D eigenvalue weighted by atomic mass is 10.2. The Kier molecular flexibility index (Phi) is 6.02. The van der Waals surface area contributed by atoms with Gasteiger partial charge in [-0.15, -0.1) is 0 Å². The minimum absolute atomic E-state index is 0.0793. The molecule has 8 nitrogen and oxygen atoms in total. The van der Waals surface area contributed by atoms with Crippen LogP contribution in [0.15, 0.2) is 36.4 Å². The zero-order chi connectivity index (χ0) is 18.4. The van der Waals surface area contributed by atoms with Crippen molar-refractivity contribution in [1.82, 2.24) is 0 Å². The van der Waals surface area contributed by atoms with Crippen LogP contribution in [0.1, 0.15) is 0 Å². The van der Waals surface area contributed by atoms with Gasteiger partial charge in [-0.2, -0.15) is 0 Å². The van der Waals surface area contributed by atoms with Crippen molar-refractivity contribution in [2.75, 3.05) is 31.4 Å². The maximum Gasteiger partial charge on any atom is 0.296 e. The highest BCUT2D eigenvalue weighted by Crippen LogP contribution is 2.29. The van der Waals surface area contributed by atoms with Crippen molar-refractivity contribution < 1.29 is 19.2 Å². The summed E-state index contributed by atoms with van der Waals surface area (Å²) in [4.78, 5) is 22.6. The third kappa shape index (κ3) is 4.74. The summed E-state index contributed by atoms with van der Waals surface area (Å²) in [6, 6.07) is 9.11. The second-order valence-electron chi connectivity index (χ2n) is 4.89. The van der Waals surface area contributed by atoms with Gasteiger partial charge < -0.3 is 20.1 Å². The predicted octanol–water partition coefficient (Wildman–Crippen LogP) is 3.32. The number of rotatable bonds is 7. The molecule has 132 valence electrons.